The van der Waals surface area contributed by atoms with Crippen molar-refractivity contribution in [3.05, 3.63) is 23.9 Å². The fourth-order valence-corrected chi connectivity index (χ4v) is 2.54. The number of pyridine rings is 1. The van der Waals surface area contributed by atoms with Crippen LogP contribution in [0.4, 0.5) is 5.82 Å². The number of nitrogens with two attached hydrogens (primary N) is 1. The van der Waals surface area contributed by atoms with Gasteiger partial charge in [-0.25, -0.2) is 4.98 Å². The van der Waals surface area contributed by atoms with Crippen molar-refractivity contribution in [1.82, 2.24) is 4.98 Å². The van der Waals surface area contributed by atoms with E-state index in [0.29, 0.717) is 0 Å². The second-order valence-electron chi connectivity index (χ2n) is 3.39. The molecule has 0 unspecified atom stereocenters. The van der Waals surface area contributed by atoms with Crippen molar-refractivity contribution in [2.24, 2.45) is 5.73 Å². The van der Waals surface area contributed by atoms with Gasteiger partial charge in [-0.3, -0.25) is 5.41 Å². The van der Waals surface area contributed by atoms with Crippen LogP contribution in [0.5, 0.6) is 0 Å². The number of thioether (sulfide) groups is 1. The normalized spacial score (nSPS) is 16.4. The van der Waals surface area contributed by atoms with Crippen molar-refractivity contribution < 1.29 is 0 Å². The molecule has 2 rings (SSSR count). The molecule has 0 radical (unpaired) electrons. The van der Waals surface area contributed by atoms with E-state index in [1.165, 1.54) is 0 Å². The average molecular weight is 222 g/mol. The van der Waals surface area contributed by atoms with E-state index in [9.17, 15) is 0 Å². The minimum atomic E-state index is 0.0938. The van der Waals surface area contributed by atoms with Crippen LogP contribution >= 0.6 is 11.8 Å². The Labute approximate surface area is 93.4 Å². The van der Waals surface area contributed by atoms with E-state index >= 15 is 0 Å². The van der Waals surface area contributed by atoms with Gasteiger partial charge in [0.1, 0.15) is 11.7 Å². The summed E-state index contributed by atoms with van der Waals surface area (Å²) in [4.78, 5) is 6.52. The Hall–Kier alpha value is -1.23. The van der Waals surface area contributed by atoms with Gasteiger partial charge in [0.05, 0.1) is 5.56 Å². The first kappa shape index (κ1) is 10.3. The van der Waals surface area contributed by atoms with Crippen molar-refractivity contribution in [2.75, 3.05) is 29.5 Å². The quantitative estimate of drug-likeness (QED) is 0.577. The molecule has 0 aromatic carbocycles. The fraction of sp³-hybridized carbons (Fsp3) is 0.400. The van der Waals surface area contributed by atoms with Gasteiger partial charge in [-0.1, -0.05) is 0 Å². The molecule has 1 aromatic heterocycles. The number of hydrogen-bond acceptors (Lipinski definition) is 4. The summed E-state index contributed by atoms with van der Waals surface area (Å²) in [6.45, 7) is 1.98. The molecule has 0 saturated carbocycles. The molecule has 80 valence electrons. The summed E-state index contributed by atoms with van der Waals surface area (Å²) in [5.41, 5.74) is 6.27. The average Bonchev–Trinajstić information content (AvgIpc) is 2.30. The maximum absolute atomic E-state index is 7.50. The Kier molecular flexibility index (Phi) is 3.11. The SMILES string of the molecule is N=C(N)c1cccnc1N1CCSCC1. The lowest BCUT2D eigenvalue weighted by Gasteiger charge is -2.28. The lowest BCUT2D eigenvalue weighted by atomic mass is 10.2. The summed E-state index contributed by atoms with van der Waals surface area (Å²) < 4.78 is 0. The van der Waals surface area contributed by atoms with Crippen LogP contribution in [0.2, 0.25) is 0 Å². The number of hydrogen-bond donors (Lipinski definition) is 2. The highest BCUT2D eigenvalue weighted by Gasteiger charge is 2.16. The first-order valence-electron chi connectivity index (χ1n) is 4.91. The minimum absolute atomic E-state index is 0.0938. The lowest BCUT2D eigenvalue weighted by Crippen LogP contribution is -2.34. The van der Waals surface area contributed by atoms with E-state index in [2.05, 4.69) is 9.88 Å². The lowest BCUT2D eigenvalue weighted by molar-refractivity contribution is 0.837. The van der Waals surface area contributed by atoms with Crippen LogP contribution in [0.1, 0.15) is 5.56 Å². The number of nitrogens with zero attached hydrogens (tertiary/aromatic N) is 2. The van der Waals surface area contributed by atoms with E-state index in [-0.39, 0.29) is 5.84 Å². The molecule has 0 atom stereocenters. The molecule has 2 heterocycles. The molecule has 4 nitrogen and oxygen atoms in total. The second-order valence-corrected chi connectivity index (χ2v) is 4.61. The minimum Gasteiger partial charge on any atom is -0.384 e. The summed E-state index contributed by atoms with van der Waals surface area (Å²) in [5, 5.41) is 7.50. The third-order valence-electron chi connectivity index (χ3n) is 2.39. The molecule has 0 aliphatic carbocycles. The van der Waals surface area contributed by atoms with E-state index in [1.807, 2.05) is 23.9 Å². The molecule has 1 aliphatic heterocycles. The monoisotopic (exact) mass is 222 g/mol. The number of rotatable bonds is 2. The Morgan fingerprint density at radius 3 is 2.87 bits per heavy atom. The summed E-state index contributed by atoms with van der Waals surface area (Å²) in [7, 11) is 0. The Morgan fingerprint density at radius 1 is 1.47 bits per heavy atom. The predicted molar refractivity (Wildman–Crippen MR) is 64.8 cm³/mol. The van der Waals surface area contributed by atoms with Crippen LogP contribution in [0.3, 0.4) is 0 Å². The Morgan fingerprint density at radius 2 is 2.20 bits per heavy atom. The van der Waals surface area contributed by atoms with Crippen molar-refractivity contribution in [3.63, 3.8) is 0 Å². The topological polar surface area (TPSA) is 66.0 Å². The zero-order valence-electron chi connectivity index (χ0n) is 8.44. The first-order chi connectivity index (χ1) is 7.29. The third kappa shape index (κ3) is 2.23. The van der Waals surface area contributed by atoms with Crippen LogP contribution in [-0.2, 0) is 0 Å². The molecular formula is C10H14N4S. The summed E-state index contributed by atoms with van der Waals surface area (Å²) in [5.74, 6) is 3.18. The second kappa shape index (κ2) is 4.53. The first-order valence-corrected chi connectivity index (χ1v) is 6.06. The van der Waals surface area contributed by atoms with Gasteiger partial charge in [0.15, 0.2) is 0 Å². The number of nitrogen functional groups attached to an aromatic ring is 1. The molecule has 1 aliphatic rings. The zero-order valence-corrected chi connectivity index (χ0v) is 9.26. The predicted octanol–water partition coefficient (Wildman–Crippen LogP) is 0.919. The molecule has 15 heavy (non-hydrogen) atoms. The van der Waals surface area contributed by atoms with Gasteiger partial charge in [0.2, 0.25) is 0 Å². The Bertz CT molecular complexity index is 360. The summed E-state index contributed by atoms with van der Waals surface area (Å²) >= 11 is 1.95. The highest BCUT2D eigenvalue weighted by Crippen LogP contribution is 2.20. The van der Waals surface area contributed by atoms with E-state index in [0.717, 1.165) is 36.0 Å². The van der Waals surface area contributed by atoms with E-state index in [1.54, 1.807) is 6.20 Å². The maximum atomic E-state index is 7.50. The standard InChI is InChI=1S/C10H14N4S/c11-9(12)8-2-1-3-13-10(8)14-4-6-15-7-5-14/h1-3H,4-7H2,(H3,11,12). The van der Waals surface area contributed by atoms with Crippen LogP contribution in [0.25, 0.3) is 0 Å². The zero-order chi connectivity index (χ0) is 10.7. The van der Waals surface area contributed by atoms with Gasteiger partial charge in [-0.05, 0) is 12.1 Å². The number of aromatic nitrogens is 1. The molecule has 1 aromatic rings. The molecule has 0 amide bonds. The van der Waals surface area contributed by atoms with Gasteiger partial charge in [0.25, 0.3) is 0 Å². The highest BCUT2D eigenvalue weighted by molar-refractivity contribution is 7.99. The number of amidine groups is 1. The summed E-state index contributed by atoms with van der Waals surface area (Å²) in [6.07, 6.45) is 1.75. The fourth-order valence-electron chi connectivity index (χ4n) is 1.63. The van der Waals surface area contributed by atoms with Crippen molar-refractivity contribution in [2.45, 2.75) is 0 Å². The molecule has 0 bridgehead atoms. The molecule has 1 fully saturated rings. The summed E-state index contributed by atoms with van der Waals surface area (Å²) in [6, 6.07) is 3.67. The Balaban J connectivity index is 2.29. The van der Waals surface area contributed by atoms with Crippen LogP contribution < -0.4 is 10.6 Å². The number of nitrogens with one attached hydrogen (secondary N) is 1. The van der Waals surface area contributed by atoms with Crippen molar-refractivity contribution >= 4 is 23.4 Å². The van der Waals surface area contributed by atoms with Gasteiger partial charge >= 0.3 is 0 Å². The van der Waals surface area contributed by atoms with Gasteiger partial charge < -0.3 is 10.6 Å². The maximum Gasteiger partial charge on any atom is 0.139 e. The molecular weight excluding hydrogens is 208 g/mol. The molecule has 5 heteroatoms. The van der Waals surface area contributed by atoms with Gasteiger partial charge in [0, 0.05) is 30.8 Å². The van der Waals surface area contributed by atoms with E-state index < -0.39 is 0 Å². The molecule has 0 spiro atoms. The van der Waals surface area contributed by atoms with Gasteiger partial charge in [-0.2, -0.15) is 11.8 Å². The molecule has 3 N–H and O–H groups in total. The van der Waals surface area contributed by atoms with Crippen molar-refractivity contribution in [3.8, 4) is 0 Å². The van der Waals surface area contributed by atoms with Crippen LogP contribution in [-0.4, -0.2) is 35.4 Å². The highest BCUT2D eigenvalue weighted by atomic mass is 32.2. The van der Waals surface area contributed by atoms with Gasteiger partial charge in [-0.15, -0.1) is 0 Å². The number of anilines is 1. The smallest absolute Gasteiger partial charge is 0.139 e. The van der Waals surface area contributed by atoms with Crippen LogP contribution in [0, 0.1) is 5.41 Å². The van der Waals surface area contributed by atoms with E-state index in [4.69, 9.17) is 11.1 Å². The van der Waals surface area contributed by atoms with Crippen molar-refractivity contribution in [1.29, 1.82) is 5.41 Å². The molecule has 1 saturated heterocycles. The third-order valence-corrected chi connectivity index (χ3v) is 3.33. The van der Waals surface area contributed by atoms with Crippen LogP contribution in [0.15, 0.2) is 18.3 Å². The largest absolute Gasteiger partial charge is 0.384 e.